The molecule has 19 heavy (non-hydrogen) atoms. The summed E-state index contributed by atoms with van der Waals surface area (Å²) in [5, 5.41) is 0. The van der Waals surface area contributed by atoms with Crippen LogP contribution < -0.4 is 4.90 Å². The number of alkyl halides is 3. The molecule has 1 aliphatic heterocycles. The summed E-state index contributed by atoms with van der Waals surface area (Å²) >= 11 is 0. The van der Waals surface area contributed by atoms with Gasteiger partial charge in [-0.1, -0.05) is 6.08 Å². The summed E-state index contributed by atoms with van der Waals surface area (Å²) in [6.45, 7) is 2.06. The van der Waals surface area contributed by atoms with Crippen molar-refractivity contribution < 1.29 is 18.0 Å². The van der Waals surface area contributed by atoms with E-state index in [0.29, 0.717) is 12.1 Å². The van der Waals surface area contributed by atoms with E-state index in [1.54, 1.807) is 24.3 Å². The van der Waals surface area contributed by atoms with Crippen LogP contribution in [-0.4, -0.2) is 25.0 Å². The van der Waals surface area contributed by atoms with Crippen LogP contribution in [0.4, 0.5) is 18.9 Å². The zero-order chi connectivity index (χ0) is 14.0. The average molecular weight is 269 g/mol. The molecular weight excluding hydrogens is 255 g/mol. The van der Waals surface area contributed by atoms with Gasteiger partial charge in [-0.15, -0.1) is 0 Å². The van der Waals surface area contributed by atoms with Crippen molar-refractivity contribution in [3.05, 3.63) is 41.5 Å². The summed E-state index contributed by atoms with van der Waals surface area (Å²) in [5.41, 5.74) is 0.985. The highest BCUT2D eigenvalue weighted by molar-refractivity contribution is 5.94. The average Bonchev–Trinajstić information content (AvgIpc) is 2.38. The lowest BCUT2D eigenvalue weighted by Gasteiger charge is -2.29. The van der Waals surface area contributed by atoms with Gasteiger partial charge >= 0.3 is 6.18 Å². The van der Waals surface area contributed by atoms with Crippen LogP contribution in [0.15, 0.2) is 35.9 Å². The minimum Gasteiger partial charge on any atom is -0.367 e. The Morgan fingerprint density at radius 1 is 1.21 bits per heavy atom. The zero-order valence-corrected chi connectivity index (χ0v) is 10.5. The van der Waals surface area contributed by atoms with Crippen molar-refractivity contribution in [3.8, 4) is 0 Å². The molecule has 0 bridgehead atoms. The molecular formula is C14H14F3NO. The van der Waals surface area contributed by atoms with Gasteiger partial charge in [-0.05, 0) is 37.6 Å². The van der Waals surface area contributed by atoms with Crippen molar-refractivity contribution in [2.45, 2.75) is 19.5 Å². The maximum absolute atomic E-state index is 12.5. The Bertz CT molecular complexity index is 502. The molecule has 0 aliphatic carbocycles. The molecule has 0 spiro atoms. The number of hydrogen-bond acceptors (Lipinski definition) is 2. The van der Waals surface area contributed by atoms with Crippen molar-refractivity contribution >= 4 is 11.5 Å². The fourth-order valence-corrected chi connectivity index (χ4v) is 2.07. The fraction of sp³-hybridized carbons (Fsp3) is 0.357. The van der Waals surface area contributed by atoms with Crippen LogP contribution >= 0.6 is 0 Å². The first kappa shape index (κ1) is 13.6. The minimum absolute atomic E-state index is 0.00202. The smallest absolute Gasteiger partial charge is 0.367 e. The fourth-order valence-electron chi connectivity index (χ4n) is 2.07. The van der Waals surface area contributed by atoms with Gasteiger partial charge in [-0.25, -0.2) is 0 Å². The molecule has 0 saturated carbocycles. The highest BCUT2D eigenvalue weighted by atomic mass is 19.4. The van der Waals surface area contributed by atoms with E-state index in [4.69, 9.17) is 0 Å². The van der Waals surface area contributed by atoms with Crippen molar-refractivity contribution in [2.24, 2.45) is 0 Å². The lowest BCUT2D eigenvalue weighted by Crippen LogP contribution is -2.31. The van der Waals surface area contributed by atoms with E-state index in [9.17, 15) is 18.0 Å². The normalized spacial score (nSPS) is 16.2. The number of halogens is 3. The third kappa shape index (κ3) is 3.16. The molecule has 0 N–H and O–H groups in total. The molecule has 102 valence electrons. The summed E-state index contributed by atoms with van der Waals surface area (Å²) in [6.07, 6.45) is -3.00. The molecule has 2 nitrogen and oxygen atoms in total. The first-order valence-corrected chi connectivity index (χ1v) is 6.00. The maximum Gasteiger partial charge on any atom is 0.412 e. The monoisotopic (exact) mass is 269 g/mol. The SMILES string of the molecule is CC(=O)c1ccc(N2CC=C(C(F)(F)F)CC2)cc1. The molecule has 1 aromatic carbocycles. The van der Waals surface area contributed by atoms with Gasteiger partial charge in [0.05, 0.1) is 0 Å². The van der Waals surface area contributed by atoms with Crippen LogP contribution in [0.3, 0.4) is 0 Å². The van der Waals surface area contributed by atoms with E-state index in [-0.39, 0.29) is 18.7 Å². The number of Topliss-reactive ketones (excluding diaryl/α,β-unsaturated/α-hetero) is 1. The van der Waals surface area contributed by atoms with Gasteiger partial charge in [0.1, 0.15) is 0 Å². The maximum atomic E-state index is 12.5. The number of benzene rings is 1. The topological polar surface area (TPSA) is 20.3 Å². The van der Waals surface area contributed by atoms with Gasteiger partial charge in [-0.2, -0.15) is 13.2 Å². The number of rotatable bonds is 2. The number of carbonyl (C=O) groups excluding carboxylic acids is 1. The Labute approximate surface area is 109 Å². The number of carbonyl (C=O) groups is 1. The zero-order valence-electron chi connectivity index (χ0n) is 10.5. The molecule has 2 rings (SSSR count). The van der Waals surface area contributed by atoms with Crippen molar-refractivity contribution in [2.75, 3.05) is 18.0 Å². The quantitative estimate of drug-likeness (QED) is 0.604. The summed E-state index contributed by atoms with van der Waals surface area (Å²) in [6, 6.07) is 6.92. The number of ketones is 1. The molecule has 0 saturated heterocycles. The third-order valence-electron chi connectivity index (χ3n) is 3.21. The van der Waals surface area contributed by atoms with Gasteiger partial charge < -0.3 is 4.90 Å². The van der Waals surface area contributed by atoms with Crippen molar-refractivity contribution in [1.29, 1.82) is 0 Å². The van der Waals surface area contributed by atoms with Crippen LogP contribution in [0.2, 0.25) is 0 Å². The van der Waals surface area contributed by atoms with Gasteiger partial charge in [-0.3, -0.25) is 4.79 Å². The predicted octanol–water partition coefficient (Wildman–Crippen LogP) is 3.59. The van der Waals surface area contributed by atoms with Crippen LogP contribution in [0.25, 0.3) is 0 Å². The molecule has 0 radical (unpaired) electrons. The summed E-state index contributed by atoms with van der Waals surface area (Å²) < 4.78 is 37.5. The lowest BCUT2D eigenvalue weighted by molar-refractivity contribution is -0.0944. The molecule has 1 aromatic rings. The summed E-state index contributed by atoms with van der Waals surface area (Å²) in [4.78, 5) is 13.0. The first-order valence-electron chi connectivity index (χ1n) is 6.00. The second-order valence-electron chi connectivity index (χ2n) is 4.53. The lowest BCUT2D eigenvalue weighted by atomic mass is 10.1. The van der Waals surface area contributed by atoms with Crippen LogP contribution in [0.5, 0.6) is 0 Å². The Balaban J connectivity index is 2.09. The van der Waals surface area contributed by atoms with Crippen LogP contribution in [0, 0.1) is 0 Å². The molecule has 0 fully saturated rings. The van der Waals surface area contributed by atoms with Gasteiger partial charge in [0.25, 0.3) is 0 Å². The Kier molecular flexibility index (Phi) is 3.64. The molecule has 0 aromatic heterocycles. The first-order chi connectivity index (χ1) is 8.88. The van der Waals surface area contributed by atoms with E-state index in [0.717, 1.165) is 5.69 Å². The standard InChI is InChI=1S/C14H14F3NO/c1-10(19)11-2-4-13(5-3-11)18-8-6-12(7-9-18)14(15,16)17/h2-6H,7-9H2,1H3. The molecule has 1 heterocycles. The number of hydrogen-bond donors (Lipinski definition) is 0. The number of nitrogens with zero attached hydrogens (tertiary/aromatic N) is 1. The van der Waals surface area contributed by atoms with Crippen LogP contribution in [-0.2, 0) is 0 Å². The minimum atomic E-state index is -4.22. The third-order valence-corrected chi connectivity index (χ3v) is 3.21. The predicted molar refractivity (Wildman–Crippen MR) is 67.4 cm³/mol. The van der Waals surface area contributed by atoms with Crippen molar-refractivity contribution in [3.63, 3.8) is 0 Å². The van der Waals surface area contributed by atoms with Gasteiger partial charge in [0.2, 0.25) is 0 Å². The van der Waals surface area contributed by atoms with E-state index in [2.05, 4.69) is 0 Å². The second kappa shape index (κ2) is 5.07. The second-order valence-corrected chi connectivity index (χ2v) is 4.53. The Morgan fingerprint density at radius 2 is 1.84 bits per heavy atom. The molecule has 1 aliphatic rings. The van der Waals surface area contributed by atoms with E-state index >= 15 is 0 Å². The summed E-state index contributed by atoms with van der Waals surface area (Å²) in [5.74, 6) is -0.0237. The summed E-state index contributed by atoms with van der Waals surface area (Å²) in [7, 11) is 0. The highest BCUT2D eigenvalue weighted by Gasteiger charge is 2.34. The van der Waals surface area contributed by atoms with Crippen LogP contribution in [0.1, 0.15) is 23.7 Å². The Morgan fingerprint density at radius 3 is 2.26 bits per heavy atom. The number of anilines is 1. The van der Waals surface area contributed by atoms with Gasteiger partial charge in [0, 0.05) is 29.9 Å². The molecule has 0 amide bonds. The molecule has 0 unspecified atom stereocenters. The Hall–Kier alpha value is -1.78. The highest BCUT2D eigenvalue weighted by Crippen LogP contribution is 2.31. The van der Waals surface area contributed by atoms with Crippen molar-refractivity contribution in [1.82, 2.24) is 0 Å². The largest absolute Gasteiger partial charge is 0.412 e. The van der Waals surface area contributed by atoms with E-state index < -0.39 is 11.7 Å². The molecule has 0 atom stereocenters. The molecule has 5 heteroatoms. The van der Waals surface area contributed by atoms with E-state index in [1.165, 1.54) is 13.0 Å². The van der Waals surface area contributed by atoms with Gasteiger partial charge in [0.15, 0.2) is 5.78 Å². The van der Waals surface area contributed by atoms with E-state index in [1.807, 2.05) is 4.90 Å².